The van der Waals surface area contributed by atoms with Crippen molar-refractivity contribution in [3.8, 4) is 11.5 Å². The van der Waals surface area contributed by atoms with Crippen molar-refractivity contribution in [3.63, 3.8) is 0 Å². The van der Waals surface area contributed by atoms with Gasteiger partial charge >= 0.3 is 0 Å². The third-order valence-corrected chi connectivity index (χ3v) is 6.51. The Morgan fingerprint density at radius 1 is 0.833 bits per heavy atom. The number of amides is 3. The first-order valence-corrected chi connectivity index (χ1v) is 12.0. The summed E-state index contributed by atoms with van der Waals surface area (Å²) in [4.78, 5) is 41.0. The van der Waals surface area contributed by atoms with E-state index >= 15 is 0 Å². The summed E-state index contributed by atoms with van der Waals surface area (Å²) in [7, 11) is 0. The highest BCUT2D eigenvalue weighted by Crippen LogP contribution is 2.34. The van der Waals surface area contributed by atoms with Crippen LogP contribution in [0.4, 0.5) is 5.69 Å². The summed E-state index contributed by atoms with van der Waals surface area (Å²) in [6.45, 7) is 1.04. The number of anilines is 1. The molecule has 2 aliphatic rings. The largest absolute Gasteiger partial charge is 0.454 e. The van der Waals surface area contributed by atoms with Gasteiger partial charge in [-0.2, -0.15) is 0 Å². The van der Waals surface area contributed by atoms with Crippen LogP contribution in [-0.2, 0) is 9.59 Å². The first kappa shape index (κ1) is 23.4. The standard InChI is InChI=1S/C28H27N3O5/c32-26(29-22-11-12-23-24(17-22)36-18-35-23)21-13-15-31(16-14-21)28(34)25(19-7-3-1-4-8-19)30-27(33)20-9-5-2-6-10-20/h1-12,17,21,25H,13-16,18H2,(H,29,32)(H,30,33). The van der Waals surface area contributed by atoms with Gasteiger partial charge in [0.1, 0.15) is 6.04 Å². The van der Waals surface area contributed by atoms with Crippen molar-refractivity contribution in [3.05, 3.63) is 90.0 Å². The van der Waals surface area contributed by atoms with Gasteiger partial charge in [-0.1, -0.05) is 48.5 Å². The number of nitrogens with zero attached hydrogens (tertiary/aromatic N) is 1. The highest BCUT2D eigenvalue weighted by molar-refractivity contribution is 5.98. The van der Waals surface area contributed by atoms with Crippen molar-refractivity contribution in [1.29, 1.82) is 0 Å². The van der Waals surface area contributed by atoms with Crippen molar-refractivity contribution < 1.29 is 23.9 Å². The van der Waals surface area contributed by atoms with Gasteiger partial charge in [-0.15, -0.1) is 0 Å². The summed E-state index contributed by atoms with van der Waals surface area (Å²) in [5, 5.41) is 5.85. The molecule has 0 aromatic heterocycles. The summed E-state index contributed by atoms with van der Waals surface area (Å²) in [5.74, 6) is 0.479. The maximum atomic E-state index is 13.5. The van der Waals surface area contributed by atoms with E-state index < -0.39 is 6.04 Å². The zero-order valence-corrected chi connectivity index (χ0v) is 19.7. The zero-order valence-electron chi connectivity index (χ0n) is 19.7. The molecule has 1 saturated heterocycles. The van der Waals surface area contributed by atoms with E-state index in [0.29, 0.717) is 48.7 Å². The molecule has 0 radical (unpaired) electrons. The molecule has 2 heterocycles. The molecule has 1 fully saturated rings. The number of ether oxygens (including phenoxy) is 2. The van der Waals surface area contributed by atoms with Crippen molar-refractivity contribution in [2.75, 3.05) is 25.2 Å². The summed E-state index contributed by atoms with van der Waals surface area (Å²) in [6.07, 6.45) is 1.08. The third kappa shape index (κ3) is 5.17. The van der Waals surface area contributed by atoms with Crippen LogP contribution in [0.15, 0.2) is 78.9 Å². The van der Waals surface area contributed by atoms with Gasteiger partial charge in [-0.05, 0) is 42.7 Å². The number of hydrogen-bond donors (Lipinski definition) is 2. The summed E-state index contributed by atoms with van der Waals surface area (Å²) in [6, 6.07) is 22.6. The normalized spacial score (nSPS) is 15.7. The minimum Gasteiger partial charge on any atom is -0.454 e. The van der Waals surface area contributed by atoms with E-state index in [4.69, 9.17) is 9.47 Å². The molecule has 3 amide bonds. The number of likely N-dealkylation sites (tertiary alicyclic amines) is 1. The molecule has 0 bridgehead atoms. The maximum Gasteiger partial charge on any atom is 0.252 e. The van der Waals surface area contributed by atoms with Crippen molar-refractivity contribution in [2.45, 2.75) is 18.9 Å². The van der Waals surface area contributed by atoms with Gasteiger partial charge < -0.3 is 25.0 Å². The second-order valence-corrected chi connectivity index (χ2v) is 8.84. The average Bonchev–Trinajstić information content (AvgIpc) is 3.40. The Hall–Kier alpha value is -4.33. The lowest BCUT2D eigenvalue weighted by Gasteiger charge is -2.34. The van der Waals surface area contributed by atoms with Crippen LogP contribution in [0.1, 0.15) is 34.8 Å². The Balaban J connectivity index is 1.22. The number of fused-ring (bicyclic) bond motifs is 1. The minimum atomic E-state index is -0.807. The third-order valence-electron chi connectivity index (χ3n) is 6.51. The second-order valence-electron chi connectivity index (χ2n) is 8.84. The number of rotatable bonds is 6. The predicted octanol–water partition coefficient (Wildman–Crippen LogP) is 3.76. The molecule has 8 heteroatoms. The van der Waals surface area contributed by atoms with Gasteiger partial charge in [0, 0.05) is 36.3 Å². The predicted molar refractivity (Wildman–Crippen MR) is 134 cm³/mol. The Bertz CT molecular complexity index is 1240. The highest BCUT2D eigenvalue weighted by atomic mass is 16.7. The number of hydrogen-bond acceptors (Lipinski definition) is 5. The Kier molecular flexibility index (Phi) is 6.84. The SMILES string of the molecule is O=C(NC(C(=O)N1CCC(C(=O)Nc2ccc3c(c2)OCO3)CC1)c1ccccc1)c1ccccc1. The minimum absolute atomic E-state index is 0.0852. The summed E-state index contributed by atoms with van der Waals surface area (Å²) >= 11 is 0. The lowest BCUT2D eigenvalue weighted by atomic mass is 9.94. The fraction of sp³-hybridized carbons (Fsp3) is 0.250. The van der Waals surface area contributed by atoms with E-state index in [-0.39, 0.29) is 30.4 Å². The Morgan fingerprint density at radius 2 is 1.50 bits per heavy atom. The molecule has 0 aliphatic carbocycles. The van der Waals surface area contributed by atoms with Crippen LogP contribution >= 0.6 is 0 Å². The molecule has 184 valence electrons. The van der Waals surface area contributed by atoms with Gasteiger partial charge in [0.05, 0.1) is 0 Å². The van der Waals surface area contributed by atoms with Gasteiger partial charge in [0.2, 0.25) is 18.6 Å². The molecule has 36 heavy (non-hydrogen) atoms. The van der Waals surface area contributed by atoms with Crippen LogP contribution in [0.3, 0.4) is 0 Å². The number of carbonyl (C=O) groups excluding carboxylic acids is 3. The zero-order chi connectivity index (χ0) is 24.9. The maximum absolute atomic E-state index is 13.5. The Labute approximate surface area is 209 Å². The molecule has 2 N–H and O–H groups in total. The van der Waals surface area contributed by atoms with Gasteiger partial charge in [0.15, 0.2) is 11.5 Å². The van der Waals surface area contributed by atoms with E-state index in [9.17, 15) is 14.4 Å². The molecule has 2 aliphatic heterocycles. The van der Waals surface area contributed by atoms with Crippen molar-refractivity contribution in [2.24, 2.45) is 5.92 Å². The Morgan fingerprint density at radius 3 is 2.22 bits per heavy atom. The van der Waals surface area contributed by atoms with Crippen LogP contribution in [0.25, 0.3) is 0 Å². The fourth-order valence-electron chi connectivity index (χ4n) is 4.50. The molecule has 3 aromatic rings. The molecule has 1 atom stereocenters. The number of benzene rings is 3. The van der Waals surface area contributed by atoms with E-state index in [2.05, 4.69) is 10.6 Å². The molecule has 5 rings (SSSR count). The number of carbonyl (C=O) groups is 3. The van der Waals surface area contributed by atoms with E-state index in [1.807, 2.05) is 36.4 Å². The second kappa shape index (κ2) is 10.5. The van der Waals surface area contributed by atoms with Crippen LogP contribution in [-0.4, -0.2) is 42.5 Å². The first-order valence-electron chi connectivity index (χ1n) is 12.0. The monoisotopic (exact) mass is 485 g/mol. The first-order chi connectivity index (χ1) is 17.6. The lowest BCUT2D eigenvalue weighted by Crippen LogP contribution is -2.47. The summed E-state index contributed by atoms with van der Waals surface area (Å²) in [5.41, 5.74) is 1.86. The average molecular weight is 486 g/mol. The number of piperidine rings is 1. The molecule has 3 aromatic carbocycles. The molecule has 1 unspecified atom stereocenters. The van der Waals surface area contributed by atoms with Crippen LogP contribution < -0.4 is 20.1 Å². The van der Waals surface area contributed by atoms with Crippen LogP contribution in [0.5, 0.6) is 11.5 Å². The number of nitrogens with one attached hydrogen (secondary N) is 2. The lowest BCUT2D eigenvalue weighted by molar-refractivity contribution is -0.136. The van der Waals surface area contributed by atoms with Crippen molar-refractivity contribution in [1.82, 2.24) is 10.2 Å². The molecular weight excluding hydrogens is 458 g/mol. The summed E-state index contributed by atoms with van der Waals surface area (Å²) < 4.78 is 10.7. The quantitative estimate of drug-likeness (QED) is 0.554. The van der Waals surface area contributed by atoms with Crippen molar-refractivity contribution >= 4 is 23.4 Å². The highest BCUT2D eigenvalue weighted by Gasteiger charge is 2.32. The van der Waals surface area contributed by atoms with E-state index in [0.717, 1.165) is 5.56 Å². The van der Waals surface area contributed by atoms with Crippen LogP contribution in [0.2, 0.25) is 0 Å². The van der Waals surface area contributed by atoms with E-state index in [1.165, 1.54) is 0 Å². The molecule has 0 saturated carbocycles. The van der Waals surface area contributed by atoms with Gasteiger partial charge in [-0.3, -0.25) is 14.4 Å². The van der Waals surface area contributed by atoms with E-state index in [1.54, 1.807) is 47.4 Å². The van der Waals surface area contributed by atoms with Gasteiger partial charge in [-0.25, -0.2) is 0 Å². The van der Waals surface area contributed by atoms with Crippen LogP contribution in [0, 0.1) is 5.92 Å². The molecular formula is C28H27N3O5. The smallest absolute Gasteiger partial charge is 0.252 e. The van der Waals surface area contributed by atoms with Gasteiger partial charge in [0.25, 0.3) is 5.91 Å². The molecule has 8 nitrogen and oxygen atoms in total. The molecule has 0 spiro atoms. The fourth-order valence-corrected chi connectivity index (χ4v) is 4.50. The topological polar surface area (TPSA) is 97.0 Å².